The van der Waals surface area contributed by atoms with Crippen molar-refractivity contribution in [2.24, 2.45) is 5.73 Å². The fourth-order valence-electron chi connectivity index (χ4n) is 1.45. The Morgan fingerprint density at radius 3 is 2.55 bits per heavy atom. The van der Waals surface area contributed by atoms with Gasteiger partial charge in [-0.15, -0.1) is 0 Å². The van der Waals surface area contributed by atoms with Crippen molar-refractivity contribution in [1.29, 1.82) is 0 Å². The highest BCUT2D eigenvalue weighted by Crippen LogP contribution is 2.15. The molecule has 1 heterocycles. The fourth-order valence-corrected chi connectivity index (χ4v) is 1.95. The lowest BCUT2D eigenvalue weighted by Crippen LogP contribution is -2.43. The van der Waals surface area contributed by atoms with Gasteiger partial charge in [0, 0.05) is 6.61 Å². The maximum Gasteiger partial charge on any atom is 0.325 e. The van der Waals surface area contributed by atoms with E-state index in [2.05, 4.69) is 4.98 Å². The number of nitrogens with zero attached hydrogens (tertiary/aromatic N) is 1. The third-order valence-corrected chi connectivity index (χ3v) is 2.95. The van der Waals surface area contributed by atoms with Crippen LogP contribution in [-0.2, 0) is 20.9 Å². The van der Waals surface area contributed by atoms with Crippen LogP contribution in [0, 0.1) is 0 Å². The van der Waals surface area contributed by atoms with Crippen molar-refractivity contribution in [3.63, 3.8) is 0 Å². The maximum absolute atomic E-state index is 11.8. The molecule has 7 heteroatoms. The van der Waals surface area contributed by atoms with Gasteiger partial charge in [0.2, 0.25) is 0 Å². The number of ether oxygens (including phenoxy) is 2. The van der Waals surface area contributed by atoms with Crippen LogP contribution in [0.15, 0.2) is 12.1 Å². The number of halogens is 2. The molecule has 20 heavy (non-hydrogen) atoms. The molecule has 1 aromatic heterocycles. The van der Waals surface area contributed by atoms with Crippen LogP contribution in [0.3, 0.4) is 0 Å². The van der Waals surface area contributed by atoms with Crippen molar-refractivity contribution in [2.75, 3.05) is 6.61 Å². The zero-order chi connectivity index (χ0) is 15.1. The molecule has 0 saturated heterocycles. The second-order valence-corrected chi connectivity index (χ2v) is 5.10. The molecule has 0 amide bonds. The normalized spacial score (nSPS) is 13.8. The summed E-state index contributed by atoms with van der Waals surface area (Å²) >= 11 is 11.5. The highest BCUT2D eigenvalue weighted by molar-refractivity contribution is 6.32. The van der Waals surface area contributed by atoms with Crippen molar-refractivity contribution in [1.82, 2.24) is 4.98 Å². The summed E-state index contributed by atoms with van der Waals surface area (Å²) in [6.45, 7) is 4.31. The largest absolute Gasteiger partial charge is 0.460 e. The summed E-state index contributed by atoms with van der Waals surface area (Å²) in [6.07, 6.45) is 0.465. The first-order chi connectivity index (χ1) is 9.43. The molecule has 1 aromatic rings. The van der Waals surface area contributed by atoms with Crippen molar-refractivity contribution >= 4 is 29.2 Å². The minimum atomic E-state index is -0.825. The molecule has 0 bridgehead atoms. The number of aromatic nitrogens is 1. The highest BCUT2D eigenvalue weighted by Gasteiger charge is 2.22. The second-order valence-electron chi connectivity index (χ2n) is 4.33. The average Bonchev–Trinajstić information content (AvgIpc) is 2.40. The first-order valence-electron chi connectivity index (χ1n) is 6.29. The molecule has 0 aliphatic rings. The maximum atomic E-state index is 11.8. The Hall–Kier alpha value is -0.880. The van der Waals surface area contributed by atoms with Crippen LogP contribution in [-0.4, -0.2) is 29.7 Å². The predicted octanol–water partition coefficient (Wildman–Crippen LogP) is 2.57. The molecule has 0 unspecified atom stereocenters. The van der Waals surface area contributed by atoms with Gasteiger partial charge in [-0.2, -0.15) is 0 Å². The summed E-state index contributed by atoms with van der Waals surface area (Å²) in [7, 11) is 0. The van der Waals surface area contributed by atoms with Crippen LogP contribution in [0.4, 0.5) is 0 Å². The van der Waals surface area contributed by atoms with Crippen LogP contribution in [0.1, 0.15) is 25.8 Å². The van der Waals surface area contributed by atoms with Gasteiger partial charge >= 0.3 is 5.97 Å². The monoisotopic (exact) mass is 320 g/mol. The Morgan fingerprint density at radius 1 is 1.40 bits per heavy atom. The molecule has 0 aliphatic carbocycles. The van der Waals surface area contributed by atoms with Gasteiger partial charge in [-0.25, -0.2) is 4.98 Å². The van der Waals surface area contributed by atoms with E-state index in [4.69, 9.17) is 38.4 Å². The molecule has 1 rings (SSSR count). The Morgan fingerprint density at radius 2 is 2.00 bits per heavy atom. The molecule has 0 aliphatic heterocycles. The van der Waals surface area contributed by atoms with Gasteiger partial charge in [-0.3, -0.25) is 4.79 Å². The van der Waals surface area contributed by atoms with Gasteiger partial charge in [0.1, 0.15) is 23.0 Å². The molecule has 0 radical (unpaired) electrons. The molecule has 2 atom stereocenters. The standard InChI is InChI=1S/C13H18Cl2N2O3/c1-3-4-19-8(2)12(16)13(18)20-7-9-5-10(14)17-11(15)6-9/h5-6,8,12H,3-4,7,16H2,1-2H3/t8-,12-/m0/s1. The summed E-state index contributed by atoms with van der Waals surface area (Å²) in [6, 6.07) is 2.32. The first-order valence-corrected chi connectivity index (χ1v) is 7.05. The van der Waals surface area contributed by atoms with Gasteiger partial charge in [0.05, 0.1) is 6.10 Å². The van der Waals surface area contributed by atoms with E-state index in [9.17, 15) is 4.79 Å². The molecule has 0 spiro atoms. The molecule has 0 aromatic carbocycles. The van der Waals surface area contributed by atoms with Gasteiger partial charge in [0.25, 0.3) is 0 Å². The number of nitrogens with two attached hydrogens (primary N) is 1. The van der Waals surface area contributed by atoms with E-state index in [-0.39, 0.29) is 16.9 Å². The summed E-state index contributed by atoms with van der Waals surface area (Å²) in [5.41, 5.74) is 6.41. The third-order valence-electron chi connectivity index (χ3n) is 2.57. The van der Waals surface area contributed by atoms with E-state index in [0.29, 0.717) is 12.2 Å². The van der Waals surface area contributed by atoms with Gasteiger partial charge < -0.3 is 15.2 Å². The number of carbonyl (C=O) groups excluding carboxylic acids is 1. The van der Waals surface area contributed by atoms with E-state index in [1.165, 1.54) is 0 Å². The van der Waals surface area contributed by atoms with E-state index < -0.39 is 18.1 Å². The predicted molar refractivity (Wildman–Crippen MR) is 77.7 cm³/mol. The Bertz CT molecular complexity index is 437. The van der Waals surface area contributed by atoms with E-state index in [1.54, 1.807) is 19.1 Å². The number of hydrogen-bond donors (Lipinski definition) is 1. The molecule has 0 fully saturated rings. The topological polar surface area (TPSA) is 74.4 Å². The summed E-state index contributed by atoms with van der Waals surface area (Å²) < 4.78 is 10.5. The Balaban J connectivity index is 2.49. The number of carbonyl (C=O) groups is 1. The van der Waals surface area contributed by atoms with E-state index in [0.717, 1.165) is 6.42 Å². The van der Waals surface area contributed by atoms with Crippen LogP contribution in [0.25, 0.3) is 0 Å². The van der Waals surface area contributed by atoms with Gasteiger partial charge in [-0.05, 0) is 31.0 Å². The first kappa shape index (κ1) is 17.2. The zero-order valence-corrected chi connectivity index (χ0v) is 12.9. The number of hydrogen-bond acceptors (Lipinski definition) is 5. The highest BCUT2D eigenvalue weighted by atomic mass is 35.5. The lowest BCUT2D eigenvalue weighted by atomic mass is 10.2. The summed E-state index contributed by atoms with van der Waals surface area (Å²) in [5, 5.41) is 0.486. The van der Waals surface area contributed by atoms with E-state index >= 15 is 0 Å². The zero-order valence-electron chi connectivity index (χ0n) is 11.4. The number of esters is 1. The lowest BCUT2D eigenvalue weighted by Gasteiger charge is -2.19. The Kier molecular flexibility index (Phi) is 7.23. The van der Waals surface area contributed by atoms with Crippen LogP contribution >= 0.6 is 23.2 Å². The molecule has 0 saturated carbocycles. The summed E-state index contributed by atoms with van der Waals surface area (Å²) in [5.74, 6) is -0.530. The molecule has 112 valence electrons. The van der Waals surface area contributed by atoms with Crippen LogP contribution in [0.2, 0.25) is 10.3 Å². The quantitative estimate of drug-likeness (QED) is 0.617. The van der Waals surface area contributed by atoms with Crippen molar-refractivity contribution in [3.8, 4) is 0 Å². The lowest BCUT2D eigenvalue weighted by molar-refractivity contribution is -0.150. The Labute approximate surface area is 128 Å². The van der Waals surface area contributed by atoms with Crippen molar-refractivity contribution in [2.45, 2.75) is 39.0 Å². The average molecular weight is 321 g/mol. The molecule has 5 nitrogen and oxygen atoms in total. The SMILES string of the molecule is CCCO[C@@H](C)[C@H](N)C(=O)OCc1cc(Cl)nc(Cl)c1. The fraction of sp³-hybridized carbons (Fsp3) is 0.538. The van der Waals surface area contributed by atoms with Crippen molar-refractivity contribution < 1.29 is 14.3 Å². The van der Waals surface area contributed by atoms with Gasteiger partial charge in [0.15, 0.2) is 0 Å². The number of rotatable bonds is 7. The van der Waals surface area contributed by atoms with Gasteiger partial charge in [-0.1, -0.05) is 30.1 Å². The van der Waals surface area contributed by atoms with Crippen LogP contribution in [0.5, 0.6) is 0 Å². The molecular formula is C13H18Cl2N2O3. The summed E-state index contributed by atoms with van der Waals surface area (Å²) in [4.78, 5) is 15.6. The van der Waals surface area contributed by atoms with Crippen molar-refractivity contribution in [3.05, 3.63) is 28.0 Å². The minimum absolute atomic E-state index is 0.0367. The third kappa shape index (κ3) is 5.63. The van der Waals surface area contributed by atoms with Crippen LogP contribution < -0.4 is 5.73 Å². The molecular weight excluding hydrogens is 303 g/mol. The molecule has 2 N–H and O–H groups in total. The minimum Gasteiger partial charge on any atom is -0.460 e. The number of pyridine rings is 1. The smallest absolute Gasteiger partial charge is 0.325 e. The second kappa shape index (κ2) is 8.42. The van der Waals surface area contributed by atoms with E-state index in [1.807, 2.05) is 6.92 Å².